The van der Waals surface area contributed by atoms with Crippen molar-refractivity contribution in [1.29, 1.82) is 0 Å². The lowest BCUT2D eigenvalue weighted by Crippen LogP contribution is -2.05. The summed E-state index contributed by atoms with van der Waals surface area (Å²) >= 11 is 1.61. The zero-order valence-corrected chi connectivity index (χ0v) is 12.7. The highest BCUT2D eigenvalue weighted by Crippen LogP contribution is 2.38. The Hall–Kier alpha value is -1.48. The summed E-state index contributed by atoms with van der Waals surface area (Å²) in [5.74, 6) is 0.748. The molecule has 2 nitrogen and oxygen atoms in total. The summed E-state index contributed by atoms with van der Waals surface area (Å²) in [5.41, 5.74) is 3.26. The Morgan fingerprint density at radius 1 is 1.25 bits per heavy atom. The van der Waals surface area contributed by atoms with Crippen molar-refractivity contribution in [2.24, 2.45) is 0 Å². The Balaban J connectivity index is 1.73. The molecule has 0 bridgehead atoms. The van der Waals surface area contributed by atoms with Gasteiger partial charge in [0.05, 0.1) is 5.75 Å². The molecule has 1 aliphatic rings. The maximum Gasteiger partial charge on any atom is 0.174 e. The van der Waals surface area contributed by atoms with Crippen LogP contribution in [0.15, 0.2) is 41.3 Å². The van der Waals surface area contributed by atoms with Crippen molar-refractivity contribution in [2.45, 2.75) is 37.6 Å². The number of nitrogens with zero attached hydrogens (tertiary/aromatic N) is 1. The molecule has 0 saturated heterocycles. The van der Waals surface area contributed by atoms with Gasteiger partial charge < -0.3 is 4.57 Å². The van der Waals surface area contributed by atoms with Gasteiger partial charge in [-0.3, -0.25) is 4.79 Å². The number of ketones is 1. The molecule has 3 rings (SSSR count). The molecular weight excluding hydrogens is 266 g/mol. The smallest absolute Gasteiger partial charge is 0.174 e. The first-order valence-electron chi connectivity index (χ1n) is 7.06. The zero-order chi connectivity index (χ0) is 14.1. The highest BCUT2D eigenvalue weighted by Gasteiger charge is 2.28. The highest BCUT2D eigenvalue weighted by molar-refractivity contribution is 8.00. The predicted molar refractivity (Wildman–Crippen MR) is 83.7 cm³/mol. The van der Waals surface area contributed by atoms with Crippen LogP contribution < -0.4 is 0 Å². The second-order valence-electron chi connectivity index (χ2n) is 5.41. The highest BCUT2D eigenvalue weighted by atomic mass is 32.2. The molecule has 1 heterocycles. The number of aromatic nitrogens is 1. The van der Waals surface area contributed by atoms with Gasteiger partial charge in [0.2, 0.25) is 0 Å². The van der Waals surface area contributed by atoms with E-state index >= 15 is 0 Å². The van der Waals surface area contributed by atoms with Crippen LogP contribution in [0, 0.1) is 13.8 Å². The molecule has 1 aromatic carbocycles. The fourth-order valence-electron chi connectivity index (χ4n) is 2.70. The number of carbonyl (C=O) groups is 1. The van der Waals surface area contributed by atoms with Crippen LogP contribution in [0.25, 0.3) is 0 Å². The number of aryl methyl sites for hydroxylation is 1. The van der Waals surface area contributed by atoms with Crippen LogP contribution in [0.2, 0.25) is 0 Å². The van der Waals surface area contributed by atoms with Gasteiger partial charge >= 0.3 is 0 Å². The molecule has 1 fully saturated rings. The summed E-state index contributed by atoms with van der Waals surface area (Å²) in [6, 6.07) is 12.8. The van der Waals surface area contributed by atoms with Crippen molar-refractivity contribution in [3.63, 3.8) is 0 Å². The molecule has 0 aliphatic heterocycles. The number of hydrogen-bond donors (Lipinski definition) is 0. The number of carbonyl (C=O) groups excluding carboxylic acids is 1. The van der Waals surface area contributed by atoms with E-state index in [-0.39, 0.29) is 5.78 Å². The van der Waals surface area contributed by atoms with Crippen molar-refractivity contribution in [2.75, 3.05) is 5.75 Å². The standard InChI is InChI=1S/C17H19NOS/c1-12-10-16(13(2)18(12)14-8-9-14)17(19)11-20-15-6-4-3-5-7-15/h3-7,10,14H,8-9,11H2,1-2H3. The topological polar surface area (TPSA) is 22.0 Å². The fraction of sp³-hybridized carbons (Fsp3) is 0.353. The molecular formula is C17H19NOS. The summed E-state index contributed by atoms with van der Waals surface area (Å²) in [4.78, 5) is 13.6. The van der Waals surface area contributed by atoms with E-state index in [0.29, 0.717) is 11.8 Å². The van der Waals surface area contributed by atoms with Crippen molar-refractivity contribution in [1.82, 2.24) is 4.57 Å². The van der Waals surface area contributed by atoms with Crippen LogP contribution in [-0.2, 0) is 0 Å². The summed E-state index contributed by atoms with van der Waals surface area (Å²) in [5, 5.41) is 0. The minimum absolute atomic E-state index is 0.235. The molecule has 104 valence electrons. The van der Waals surface area contributed by atoms with E-state index in [0.717, 1.165) is 16.2 Å². The second kappa shape index (κ2) is 5.49. The number of rotatable bonds is 5. The van der Waals surface area contributed by atoms with Crippen LogP contribution in [0.3, 0.4) is 0 Å². The predicted octanol–water partition coefficient (Wildman–Crippen LogP) is 4.41. The Kier molecular flexibility index (Phi) is 3.70. The van der Waals surface area contributed by atoms with E-state index in [2.05, 4.69) is 24.5 Å². The van der Waals surface area contributed by atoms with Gasteiger partial charge in [-0.05, 0) is 44.9 Å². The lowest BCUT2D eigenvalue weighted by Gasteiger charge is -2.07. The normalized spacial score (nSPS) is 14.5. The van der Waals surface area contributed by atoms with Crippen molar-refractivity contribution >= 4 is 17.5 Å². The van der Waals surface area contributed by atoms with Gasteiger partial charge in [0.15, 0.2) is 5.78 Å². The third-order valence-corrected chi connectivity index (χ3v) is 4.82. The maximum absolute atomic E-state index is 12.4. The van der Waals surface area contributed by atoms with Gasteiger partial charge in [-0.2, -0.15) is 0 Å². The minimum atomic E-state index is 0.235. The van der Waals surface area contributed by atoms with Gasteiger partial charge in [0.1, 0.15) is 0 Å². The summed E-state index contributed by atoms with van der Waals surface area (Å²) in [6.07, 6.45) is 2.51. The molecule has 1 aliphatic carbocycles. The number of benzene rings is 1. The molecule has 1 saturated carbocycles. The first kappa shape index (κ1) is 13.5. The van der Waals surface area contributed by atoms with E-state index in [4.69, 9.17) is 0 Å². The molecule has 0 radical (unpaired) electrons. The average Bonchev–Trinajstić information content (AvgIpc) is 3.23. The van der Waals surface area contributed by atoms with E-state index in [9.17, 15) is 4.79 Å². The Labute approximate surface area is 124 Å². The molecule has 0 amide bonds. The molecule has 0 unspecified atom stereocenters. The maximum atomic E-state index is 12.4. The largest absolute Gasteiger partial charge is 0.345 e. The van der Waals surface area contributed by atoms with Crippen molar-refractivity contribution in [3.05, 3.63) is 53.3 Å². The lowest BCUT2D eigenvalue weighted by atomic mass is 10.2. The first-order chi connectivity index (χ1) is 9.66. The van der Waals surface area contributed by atoms with E-state index < -0.39 is 0 Å². The quantitative estimate of drug-likeness (QED) is 0.599. The van der Waals surface area contributed by atoms with Crippen LogP contribution in [0.4, 0.5) is 0 Å². The van der Waals surface area contributed by atoms with Gasteiger partial charge in [0, 0.05) is 27.9 Å². The van der Waals surface area contributed by atoms with Crippen LogP contribution in [-0.4, -0.2) is 16.1 Å². The van der Waals surface area contributed by atoms with Crippen molar-refractivity contribution < 1.29 is 4.79 Å². The van der Waals surface area contributed by atoms with Crippen LogP contribution in [0.5, 0.6) is 0 Å². The van der Waals surface area contributed by atoms with E-state index in [1.54, 1.807) is 11.8 Å². The second-order valence-corrected chi connectivity index (χ2v) is 6.46. The fourth-order valence-corrected chi connectivity index (χ4v) is 3.50. The van der Waals surface area contributed by atoms with E-state index in [1.165, 1.54) is 18.5 Å². The molecule has 3 heteroatoms. The molecule has 0 N–H and O–H groups in total. The SMILES string of the molecule is Cc1cc(C(=O)CSc2ccccc2)c(C)n1C1CC1. The average molecular weight is 285 g/mol. The Bertz CT molecular complexity index is 626. The van der Waals surface area contributed by atoms with Gasteiger partial charge in [0.25, 0.3) is 0 Å². The van der Waals surface area contributed by atoms with Crippen LogP contribution >= 0.6 is 11.8 Å². The first-order valence-corrected chi connectivity index (χ1v) is 8.05. The number of hydrogen-bond acceptors (Lipinski definition) is 2. The summed E-state index contributed by atoms with van der Waals surface area (Å²) in [7, 11) is 0. The molecule has 0 atom stereocenters. The third kappa shape index (κ3) is 2.68. The summed E-state index contributed by atoms with van der Waals surface area (Å²) < 4.78 is 2.33. The Morgan fingerprint density at radius 3 is 2.60 bits per heavy atom. The lowest BCUT2D eigenvalue weighted by molar-refractivity contribution is 0.102. The molecule has 2 aromatic rings. The third-order valence-electron chi connectivity index (χ3n) is 3.81. The van der Waals surface area contributed by atoms with Gasteiger partial charge in [-0.25, -0.2) is 0 Å². The van der Waals surface area contributed by atoms with Crippen LogP contribution in [0.1, 0.15) is 40.6 Å². The van der Waals surface area contributed by atoms with Gasteiger partial charge in [-0.15, -0.1) is 11.8 Å². The van der Waals surface area contributed by atoms with Crippen molar-refractivity contribution in [3.8, 4) is 0 Å². The molecule has 20 heavy (non-hydrogen) atoms. The van der Waals surface area contributed by atoms with Gasteiger partial charge in [-0.1, -0.05) is 18.2 Å². The Morgan fingerprint density at radius 2 is 1.95 bits per heavy atom. The summed E-state index contributed by atoms with van der Waals surface area (Å²) in [6.45, 7) is 4.18. The minimum Gasteiger partial charge on any atom is -0.345 e. The molecule has 1 aromatic heterocycles. The number of thioether (sulfide) groups is 1. The van der Waals surface area contributed by atoms with E-state index in [1.807, 2.05) is 30.3 Å². The molecule has 0 spiro atoms. The number of Topliss-reactive ketones (excluding diaryl/α,β-unsaturated/α-hetero) is 1. The zero-order valence-electron chi connectivity index (χ0n) is 11.9. The monoisotopic (exact) mass is 285 g/mol.